The zero-order valence-corrected chi connectivity index (χ0v) is 12.0. The minimum Gasteiger partial charge on any atom is -0.306 e. The molecule has 0 amide bonds. The van der Waals surface area contributed by atoms with E-state index in [1.54, 1.807) is 6.07 Å². The second kappa shape index (κ2) is 4.80. The van der Waals surface area contributed by atoms with E-state index in [2.05, 4.69) is 4.98 Å². The number of fused-ring (bicyclic) bond motifs is 1. The van der Waals surface area contributed by atoms with Crippen LogP contribution in [0.1, 0.15) is 25.0 Å². The summed E-state index contributed by atoms with van der Waals surface area (Å²) in [6, 6.07) is 3.63. The maximum Gasteiger partial charge on any atom is 0.155 e. The Hall–Kier alpha value is -1.07. The van der Waals surface area contributed by atoms with Gasteiger partial charge in [-0.3, -0.25) is 0 Å². The number of hydrogen-bond donors (Lipinski definition) is 0. The highest BCUT2D eigenvalue weighted by molar-refractivity contribution is 7.92. The number of hydrogen-bond acceptors (Lipinski definition) is 3. The number of imidazole rings is 1. The number of nitrogens with zero attached hydrogens (tertiary/aromatic N) is 2. The molecule has 19 heavy (non-hydrogen) atoms. The Labute approximate surface area is 117 Å². The van der Waals surface area contributed by atoms with Crippen LogP contribution in [0.15, 0.2) is 24.5 Å². The molecular formula is C13H15ClN2O2S. The molecule has 0 spiro atoms. The Morgan fingerprint density at radius 3 is 3.00 bits per heavy atom. The van der Waals surface area contributed by atoms with Gasteiger partial charge in [0.25, 0.3) is 0 Å². The van der Waals surface area contributed by atoms with Gasteiger partial charge in [-0.1, -0.05) is 18.0 Å². The number of halogens is 1. The standard InChI is InChI=1S/C13H15ClN2O2S/c14-12-5-3-6-16-9-10(15-13(12)16)8-11-4-1-2-7-19(11,17)18/h3,5-6,9,11H,1-2,4,7-8H2. The molecule has 1 saturated heterocycles. The van der Waals surface area contributed by atoms with Crippen molar-refractivity contribution < 1.29 is 8.42 Å². The molecule has 2 aromatic rings. The topological polar surface area (TPSA) is 51.4 Å². The second-order valence-corrected chi connectivity index (χ2v) is 7.82. The van der Waals surface area contributed by atoms with Crippen molar-refractivity contribution in [1.82, 2.24) is 9.38 Å². The van der Waals surface area contributed by atoms with Gasteiger partial charge in [-0.05, 0) is 25.0 Å². The Kier molecular flexibility index (Phi) is 3.27. The number of rotatable bonds is 2. The molecule has 2 aromatic heterocycles. The minimum absolute atomic E-state index is 0.287. The maximum absolute atomic E-state index is 12.0. The summed E-state index contributed by atoms with van der Waals surface area (Å²) >= 11 is 6.07. The summed E-state index contributed by atoms with van der Waals surface area (Å²) in [5.74, 6) is 0.311. The molecule has 1 atom stereocenters. The van der Waals surface area contributed by atoms with Crippen molar-refractivity contribution in [1.29, 1.82) is 0 Å². The van der Waals surface area contributed by atoms with Gasteiger partial charge in [0, 0.05) is 18.8 Å². The SMILES string of the molecule is O=S1(=O)CCCCC1Cc1cn2cccc(Cl)c2n1. The van der Waals surface area contributed by atoms with Crippen LogP contribution in [-0.2, 0) is 16.3 Å². The zero-order valence-electron chi connectivity index (χ0n) is 10.4. The average molecular weight is 299 g/mol. The van der Waals surface area contributed by atoms with Crippen LogP contribution >= 0.6 is 11.6 Å². The van der Waals surface area contributed by atoms with Crippen LogP contribution < -0.4 is 0 Å². The van der Waals surface area contributed by atoms with Gasteiger partial charge in [-0.2, -0.15) is 0 Å². The minimum atomic E-state index is -2.95. The fourth-order valence-electron chi connectivity index (χ4n) is 2.61. The Balaban J connectivity index is 1.91. The Bertz CT molecular complexity index is 709. The molecule has 1 aliphatic rings. The maximum atomic E-state index is 12.0. The highest BCUT2D eigenvalue weighted by atomic mass is 35.5. The van der Waals surface area contributed by atoms with Gasteiger partial charge in [-0.15, -0.1) is 0 Å². The third-order valence-electron chi connectivity index (χ3n) is 3.63. The van der Waals surface area contributed by atoms with Gasteiger partial charge in [0.15, 0.2) is 15.5 Å². The molecule has 1 fully saturated rings. The molecular weight excluding hydrogens is 284 g/mol. The first-order chi connectivity index (χ1) is 9.06. The summed E-state index contributed by atoms with van der Waals surface area (Å²) in [7, 11) is -2.95. The molecule has 3 heterocycles. The van der Waals surface area contributed by atoms with Crippen molar-refractivity contribution >= 4 is 27.1 Å². The lowest BCUT2D eigenvalue weighted by Gasteiger charge is -2.21. The van der Waals surface area contributed by atoms with Crippen LogP contribution in [-0.4, -0.2) is 28.8 Å². The predicted octanol–water partition coefficient (Wildman–Crippen LogP) is 2.50. The highest BCUT2D eigenvalue weighted by Gasteiger charge is 2.29. The molecule has 4 nitrogen and oxygen atoms in total. The third-order valence-corrected chi connectivity index (χ3v) is 6.21. The first-order valence-corrected chi connectivity index (χ1v) is 8.49. The molecule has 1 unspecified atom stereocenters. The number of pyridine rings is 1. The smallest absolute Gasteiger partial charge is 0.155 e. The fraction of sp³-hybridized carbons (Fsp3) is 0.462. The lowest BCUT2D eigenvalue weighted by Crippen LogP contribution is -2.30. The van der Waals surface area contributed by atoms with E-state index in [0.29, 0.717) is 22.8 Å². The van der Waals surface area contributed by atoms with Crippen LogP contribution in [0.25, 0.3) is 5.65 Å². The summed E-state index contributed by atoms with van der Waals surface area (Å²) in [4.78, 5) is 4.44. The lowest BCUT2D eigenvalue weighted by molar-refractivity contribution is 0.536. The van der Waals surface area contributed by atoms with Gasteiger partial charge in [0.2, 0.25) is 0 Å². The molecule has 102 valence electrons. The molecule has 0 bridgehead atoms. The van der Waals surface area contributed by atoms with Crippen molar-refractivity contribution in [2.75, 3.05) is 5.75 Å². The summed E-state index contributed by atoms with van der Waals surface area (Å²) in [5, 5.41) is 0.296. The highest BCUT2D eigenvalue weighted by Crippen LogP contribution is 2.24. The van der Waals surface area contributed by atoms with E-state index in [4.69, 9.17) is 11.6 Å². The first kappa shape index (κ1) is 12.9. The summed E-state index contributed by atoms with van der Waals surface area (Å²) in [6.45, 7) is 0. The van der Waals surface area contributed by atoms with Crippen molar-refractivity contribution in [3.63, 3.8) is 0 Å². The Morgan fingerprint density at radius 2 is 2.26 bits per heavy atom. The van der Waals surface area contributed by atoms with E-state index >= 15 is 0 Å². The monoisotopic (exact) mass is 298 g/mol. The van der Waals surface area contributed by atoms with E-state index in [0.717, 1.165) is 25.0 Å². The lowest BCUT2D eigenvalue weighted by atomic mass is 10.1. The van der Waals surface area contributed by atoms with Gasteiger partial charge < -0.3 is 4.40 Å². The molecule has 0 aromatic carbocycles. The largest absolute Gasteiger partial charge is 0.306 e. The van der Waals surface area contributed by atoms with Crippen LogP contribution in [0.5, 0.6) is 0 Å². The average Bonchev–Trinajstić information content (AvgIpc) is 2.76. The molecule has 0 aliphatic carbocycles. The van der Waals surface area contributed by atoms with Gasteiger partial charge in [-0.25, -0.2) is 13.4 Å². The van der Waals surface area contributed by atoms with Gasteiger partial charge in [0.05, 0.1) is 21.7 Å². The predicted molar refractivity (Wildman–Crippen MR) is 75.3 cm³/mol. The summed E-state index contributed by atoms with van der Waals surface area (Å²) < 4.78 is 25.9. The van der Waals surface area contributed by atoms with Crippen molar-refractivity contribution in [3.05, 3.63) is 35.2 Å². The van der Waals surface area contributed by atoms with Crippen LogP contribution in [0.3, 0.4) is 0 Å². The third kappa shape index (κ3) is 2.49. The van der Waals surface area contributed by atoms with Crippen molar-refractivity contribution in [2.24, 2.45) is 0 Å². The van der Waals surface area contributed by atoms with Crippen LogP contribution in [0.4, 0.5) is 0 Å². The summed E-state index contributed by atoms with van der Waals surface area (Å²) in [5.41, 5.74) is 1.48. The van der Waals surface area contributed by atoms with E-state index < -0.39 is 9.84 Å². The molecule has 6 heteroatoms. The normalized spacial score (nSPS) is 22.7. The second-order valence-electron chi connectivity index (χ2n) is 5.01. The molecule has 0 radical (unpaired) electrons. The van der Waals surface area contributed by atoms with Gasteiger partial charge >= 0.3 is 0 Å². The van der Waals surface area contributed by atoms with E-state index in [-0.39, 0.29) is 5.25 Å². The first-order valence-electron chi connectivity index (χ1n) is 6.40. The van der Waals surface area contributed by atoms with Gasteiger partial charge in [0.1, 0.15) is 0 Å². The molecule has 1 aliphatic heterocycles. The Morgan fingerprint density at radius 1 is 1.42 bits per heavy atom. The quantitative estimate of drug-likeness (QED) is 0.856. The van der Waals surface area contributed by atoms with E-state index in [1.165, 1.54) is 0 Å². The zero-order chi connectivity index (χ0) is 13.5. The molecule has 0 saturated carbocycles. The number of sulfone groups is 1. The number of aromatic nitrogens is 2. The van der Waals surface area contributed by atoms with Crippen molar-refractivity contribution in [3.8, 4) is 0 Å². The molecule has 3 rings (SSSR count). The fourth-order valence-corrected chi connectivity index (χ4v) is 4.71. The molecule has 0 N–H and O–H groups in total. The van der Waals surface area contributed by atoms with E-state index in [9.17, 15) is 8.42 Å². The summed E-state index contributed by atoms with van der Waals surface area (Å²) in [6.07, 6.45) is 6.73. The van der Waals surface area contributed by atoms with Crippen LogP contribution in [0, 0.1) is 0 Å². The van der Waals surface area contributed by atoms with E-state index in [1.807, 2.05) is 22.9 Å². The van der Waals surface area contributed by atoms with Crippen molar-refractivity contribution in [2.45, 2.75) is 30.9 Å². The van der Waals surface area contributed by atoms with Crippen LogP contribution in [0.2, 0.25) is 5.02 Å².